The number of allylic oxidation sites excluding steroid dienone is 4. The van der Waals surface area contributed by atoms with Gasteiger partial charge in [-0.1, -0.05) is 140 Å². The molecule has 7 aromatic carbocycles. The van der Waals surface area contributed by atoms with E-state index in [2.05, 4.69) is 175 Å². The molecule has 3 heteroatoms. The number of aromatic nitrogens is 3. The molecule has 3 nitrogen and oxygen atoms in total. The Morgan fingerprint density at radius 2 is 1.16 bits per heavy atom. The Hall–Kier alpha value is -6.32. The smallest absolute Gasteiger partial charge is 0.0979 e. The van der Waals surface area contributed by atoms with E-state index >= 15 is 0 Å². The van der Waals surface area contributed by atoms with E-state index in [1.165, 1.54) is 55.0 Å². The number of para-hydroxylation sites is 2. The average molecular weight is 640 g/mol. The van der Waals surface area contributed by atoms with Crippen molar-refractivity contribution >= 4 is 60.0 Å². The highest BCUT2D eigenvalue weighted by molar-refractivity contribution is 6.23. The molecular weight excluding hydrogens is 607 g/mol. The van der Waals surface area contributed by atoms with Crippen molar-refractivity contribution in [2.75, 3.05) is 0 Å². The summed E-state index contributed by atoms with van der Waals surface area (Å²) in [7, 11) is 0. The Morgan fingerprint density at radius 1 is 0.540 bits per heavy atom. The van der Waals surface area contributed by atoms with Crippen LogP contribution in [0, 0.1) is 5.92 Å². The highest BCUT2D eigenvalue weighted by Crippen LogP contribution is 2.42. The van der Waals surface area contributed by atoms with Crippen molar-refractivity contribution < 1.29 is 0 Å². The van der Waals surface area contributed by atoms with Crippen LogP contribution in [-0.2, 0) is 0 Å². The maximum absolute atomic E-state index is 5.21. The molecule has 0 amide bonds. The van der Waals surface area contributed by atoms with Crippen molar-refractivity contribution in [3.8, 4) is 16.9 Å². The summed E-state index contributed by atoms with van der Waals surface area (Å²) in [6, 6.07) is 52.4. The zero-order valence-corrected chi connectivity index (χ0v) is 27.7. The van der Waals surface area contributed by atoms with Crippen LogP contribution in [-0.4, -0.2) is 14.5 Å². The zero-order valence-electron chi connectivity index (χ0n) is 27.7. The fourth-order valence-corrected chi connectivity index (χ4v) is 8.20. The minimum Gasteiger partial charge on any atom is -0.309 e. The maximum Gasteiger partial charge on any atom is 0.0979 e. The van der Waals surface area contributed by atoms with Crippen molar-refractivity contribution in [3.63, 3.8) is 0 Å². The maximum atomic E-state index is 5.21. The van der Waals surface area contributed by atoms with Crippen LogP contribution in [0.25, 0.3) is 76.9 Å². The Labute approximate surface area is 290 Å². The van der Waals surface area contributed by atoms with Gasteiger partial charge in [-0.15, -0.1) is 0 Å². The van der Waals surface area contributed by atoms with Crippen molar-refractivity contribution in [2.24, 2.45) is 5.92 Å². The first-order valence-electron chi connectivity index (χ1n) is 17.4. The molecule has 50 heavy (non-hydrogen) atoms. The van der Waals surface area contributed by atoms with Crippen molar-refractivity contribution in [3.05, 3.63) is 181 Å². The molecule has 0 fully saturated rings. The fraction of sp³-hybridized carbons (Fsp3) is 0.0638. The first kappa shape index (κ1) is 28.7. The van der Waals surface area contributed by atoms with Gasteiger partial charge < -0.3 is 4.57 Å². The fourth-order valence-electron chi connectivity index (χ4n) is 8.20. The summed E-state index contributed by atoms with van der Waals surface area (Å²) >= 11 is 0. The van der Waals surface area contributed by atoms with Gasteiger partial charge in [-0.2, -0.15) is 0 Å². The minimum absolute atomic E-state index is 0.267. The highest BCUT2D eigenvalue weighted by atomic mass is 15.0. The topological polar surface area (TPSA) is 30.7 Å². The van der Waals surface area contributed by atoms with Gasteiger partial charge in [0.05, 0.1) is 34.0 Å². The number of hydrogen-bond donors (Lipinski definition) is 0. The molecule has 10 rings (SSSR count). The predicted octanol–water partition coefficient (Wildman–Crippen LogP) is 12.1. The molecule has 236 valence electrons. The minimum atomic E-state index is 0.267. The van der Waals surface area contributed by atoms with Crippen LogP contribution in [0.3, 0.4) is 0 Å². The number of fused-ring (bicyclic) bond motifs is 9. The first-order valence-corrected chi connectivity index (χ1v) is 17.4. The lowest BCUT2D eigenvalue weighted by Gasteiger charge is -2.27. The largest absolute Gasteiger partial charge is 0.309 e. The van der Waals surface area contributed by atoms with E-state index < -0.39 is 0 Å². The second-order valence-electron chi connectivity index (χ2n) is 13.4. The molecule has 0 bridgehead atoms. The van der Waals surface area contributed by atoms with Gasteiger partial charge in [-0.05, 0) is 63.7 Å². The highest BCUT2D eigenvalue weighted by Gasteiger charge is 2.25. The van der Waals surface area contributed by atoms with Gasteiger partial charge in [0.15, 0.2) is 0 Å². The molecule has 0 radical (unpaired) electrons. The van der Waals surface area contributed by atoms with Crippen LogP contribution in [0.1, 0.15) is 24.0 Å². The van der Waals surface area contributed by atoms with E-state index in [-0.39, 0.29) is 5.92 Å². The quantitative estimate of drug-likeness (QED) is 0.179. The number of hydrogen-bond acceptors (Lipinski definition) is 2. The van der Waals surface area contributed by atoms with E-state index in [4.69, 9.17) is 9.97 Å². The Balaban J connectivity index is 0.989. The monoisotopic (exact) mass is 639 g/mol. The Morgan fingerprint density at radius 3 is 1.92 bits per heavy atom. The predicted molar refractivity (Wildman–Crippen MR) is 210 cm³/mol. The molecular formula is C47H33N3. The summed E-state index contributed by atoms with van der Waals surface area (Å²) in [5.41, 5.74) is 11.4. The van der Waals surface area contributed by atoms with Crippen LogP contribution in [0.4, 0.5) is 0 Å². The molecule has 0 spiro atoms. The van der Waals surface area contributed by atoms with E-state index in [1.807, 2.05) is 6.20 Å². The van der Waals surface area contributed by atoms with Crippen LogP contribution in [0.5, 0.6) is 0 Å². The van der Waals surface area contributed by atoms with E-state index in [9.17, 15) is 0 Å². The lowest BCUT2D eigenvalue weighted by atomic mass is 9.77. The summed E-state index contributed by atoms with van der Waals surface area (Å²) in [6.45, 7) is 2.36. The molecule has 0 saturated heterocycles. The summed E-state index contributed by atoms with van der Waals surface area (Å²) in [5, 5.41) is 7.25. The summed E-state index contributed by atoms with van der Waals surface area (Å²) in [5.74, 6) is 0.578. The van der Waals surface area contributed by atoms with Crippen molar-refractivity contribution in [1.29, 1.82) is 0 Å². The molecule has 1 aliphatic carbocycles. The number of nitrogens with zero attached hydrogens (tertiary/aromatic N) is 3. The van der Waals surface area contributed by atoms with E-state index in [0.717, 1.165) is 33.1 Å². The van der Waals surface area contributed by atoms with Gasteiger partial charge in [0.25, 0.3) is 0 Å². The van der Waals surface area contributed by atoms with Crippen LogP contribution in [0.2, 0.25) is 0 Å². The molecule has 0 N–H and O–H groups in total. The lowest BCUT2D eigenvalue weighted by molar-refractivity contribution is 0.653. The molecule has 1 aliphatic rings. The lowest BCUT2D eigenvalue weighted by Crippen LogP contribution is -2.12. The second kappa shape index (κ2) is 11.4. The van der Waals surface area contributed by atoms with Crippen LogP contribution >= 0.6 is 0 Å². The first-order chi connectivity index (χ1) is 24.7. The van der Waals surface area contributed by atoms with Gasteiger partial charge in [-0.3, -0.25) is 4.98 Å². The average Bonchev–Trinajstić information content (AvgIpc) is 3.52. The van der Waals surface area contributed by atoms with Crippen molar-refractivity contribution in [1.82, 2.24) is 14.5 Å². The van der Waals surface area contributed by atoms with Crippen LogP contribution in [0.15, 0.2) is 170 Å². The molecule has 0 saturated carbocycles. The summed E-state index contributed by atoms with van der Waals surface area (Å²) in [4.78, 5) is 10.2. The SMILES string of the molecule is CC1C(c2ccc3c(c2)c2ccccc2n3-c2ccccc2)=CC=CC1c1ccc(-c2cnc3c4ccccc4c4ccccc4c3n2)cc1. The van der Waals surface area contributed by atoms with E-state index in [1.54, 1.807) is 0 Å². The molecule has 2 aromatic heterocycles. The third-order valence-corrected chi connectivity index (χ3v) is 10.7. The molecule has 9 aromatic rings. The summed E-state index contributed by atoms with van der Waals surface area (Å²) < 4.78 is 2.38. The molecule has 2 unspecified atom stereocenters. The Kier molecular flexibility index (Phi) is 6.53. The zero-order chi connectivity index (χ0) is 33.2. The number of benzene rings is 7. The third-order valence-electron chi connectivity index (χ3n) is 10.7. The van der Waals surface area contributed by atoms with E-state index in [0.29, 0.717) is 5.92 Å². The summed E-state index contributed by atoms with van der Waals surface area (Å²) in [6.07, 6.45) is 8.80. The molecule has 2 heterocycles. The van der Waals surface area contributed by atoms with Gasteiger partial charge >= 0.3 is 0 Å². The standard InChI is InChI=1S/C47H33N3/c1-30-35(19-11-20-36(30)33-26-27-45-42(28-33)39-16-9-10-21-44(39)50(45)34-12-3-2-4-13-34)31-22-24-32(25-23-31)43-29-48-46-40-17-7-5-14-37(40)38-15-6-8-18-41(38)47(46)49-43/h2-30,35H,1H3. The third kappa shape index (κ3) is 4.44. The normalized spacial score (nSPS) is 16.1. The molecule has 2 atom stereocenters. The van der Waals surface area contributed by atoms with Crippen molar-refractivity contribution in [2.45, 2.75) is 12.8 Å². The van der Waals surface area contributed by atoms with Gasteiger partial charge in [0.1, 0.15) is 0 Å². The van der Waals surface area contributed by atoms with Crippen LogP contribution < -0.4 is 0 Å². The number of rotatable bonds is 4. The van der Waals surface area contributed by atoms with Gasteiger partial charge in [0.2, 0.25) is 0 Å². The Bertz CT molecular complexity index is 2790. The molecule has 0 aliphatic heterocycles. The second-order valence-corrected chi connectivity index (χ2v) is 13.4. The van der Waals surface area contributed by atoms with Gasteiger partial charge in [0, 0.05) is 38.7 Å². The van der Waals surface area contributed by atoms with Gasteiger partial charge in [-0.25, -0.2) is 4.98 Å².